The third-order valence-corrected chi connectivity index (χ3v) is 4.91. The van der Waals surface area contributed by atoms with E-state index >= 15 is 0 Å². The van der Waals surface area contributed by atoms with E-state index in [1.54, 1.807) is 6.08 Å². The van der Waals surface area contributed by atoms with Gasteiger partial charge in [0.1, 0.15) is 11.0 Å². The van der Waals surface area contributed by atoms with Crippen LogP contribution in [0, 0.1) is 0 Å². The summed E-state index contributed by atoms with van der Waals surface area (Å²) < 4.78 is 12.3. The van der Waals surface area contributed by atoms with Crippen LogP contribution in [-0.2, 0) is 15.6 Å². The quantitative estimate of drug-likeness (QED) is 0.786. The van der Waals surface area contributed by atoms with Gasteiger partial charge in [0.25, 0.3) is 0 Å². The van der Waals surface area contributed by atoms with Gasteiger partial charge in [-0.1, -0.05) is 36.4 Å². The lowest BCUT2D eigenvalue weighted by Gasteiger charge is -2.17. The van der Waals surface area contributed by atoms with E-state index in [-0.39, 0.29) is 5.78 Å². The lowest BCUT2D eigenvalue weighted by atomic mass is 10.1. The fourth-order valence-corrected chi connectivity index (χ4v) is 3.63. The first-order chi connectivity index (χ1) is 8.66. The van der Waals surface area contributed by atoms with Gasteiger partial charge in [-0.2, -0.15) is 0 Å². The van der Waals surface area contributed by atoms with Crippen molar-refractivity contribution in [2.75, 3.05) is 0 Å². The Morgan fingerprint density at radius 3 is 2.50 bits per heavy atom. The number of hydrogen-bond donors (Lipinski definition) is 0. The smallest absolute Gasteiger partial charge is 0.149 e. The first-order valence-electron chi connectivity index (χ1n) is 5.79. The van der Waals surface area contributed by atoms with Crippen molar-refractivity contribution in [3.8, 4) is 0 Å². The molecule has 90 valence electrons. The maximum Gasteiger partial charge on any atom is 0.149 e. The summed E-state index contributed by atoms with van der Waals surface area (Å²) in [6, 6.07) is 11.9. The molecule has 2 aromatic carbocycles. The van der Waals surface area contributed by atoms with Crippen LogP contribution >= 0.6 is 0 Å². The summed E-state index contributed by atoms with van der Waals surface area (Å²) in [4.78, 5) is 12.2. The molecule has 2 unspecified atom stereocenters. The average Bonchev–Trinajstić information content (AvgIpc) is 2.37. The highest BCUT2D eigenvalue weighted by Crippen LogP contribution is 2.29. The van der Waals surface area contributed by atoms with Crippen molar-refractivity contribution in [1.82, 2.24) is 0 Å². The monoisotopic (exact) mass is 256 g/mol. The lowest BCUT2D eigenvalue weighted by Crippen LogP contribution is -2.23. The fourth-order valence-electron chi connectivity index (χ4n) is 2.23. The number of Topliss-reactive ketones (excluding diaryl/α,β-unsaturated/α-hetero) is 1. The molecule has 0 amide bonds. The molecule has 0 saturated heterocycles. The van der Waals surface area contributed by atoms with Gasteiger partial charge in [0.2, 0.25) is 0 Å². The normalized spacial score (nSPS) is 21.8. The molecule has 0 spiro atoms. The Bertz CT molecular complexity index is 701. The molecule has 0 saturated carbocycles. The second-order valence-corrected chi connectivity index (χ2v) is 5.97. The van der Waals surface area contributed by atoms with Crippen molar-refractivity contribution >= 4 is 33.4 Å². The molecule has 1 aliphatic rings. The Kier molecular flexibility index (Phi) is 2.63. The van der Waals surface area contributed by atoms with Crippen LogP contribution in [0.5, 0.6) is 0 Å². The minimum absolute atomic E-state index is 0.0524. The molecule has 0 aliphatic carbocycles. The lowest BCUT2D eigenvalue weighted by molar-refractivity contribution is -0.115. The minimum Gasteiger partial charge on any atom is -0.298 e. The highest BCUT2D eigenvalue weighted by atomic mass is 32.2. The van der Waals surface area contributed by atoms with Crippen LogP contribution < -0.4 is 0 Å². The molecule has 0 radical (unpaired) electrons. The van der Waals surface area contributed by atoms with E-state index in [2.05, 4.69) is 0 Å². The summed E-state index contributed by atoms with van der Waals surface area (Å²) in [5, 5.41) is 1.68. The minimum atomic E-state index is -1.28. The maximum atomic E-state index is 12.3. The van der Waals surface area contributed by atoms with E-state index in [1.807, 2.05) is 42.5 Å². The predicted molar refractivity (Wildman–Crippen MR) is 73.9 cm³/mol. The second kappa shape index (κ2) is 4.18. The molecule has 2 aromatic rings. The zero-order valence-electron chi connectivity index (χ0n) is 9.92. The molecule has 0 N–H and O–H groups in total. The first-order valence-corrected chi connectivity index (χ1v) is 7.00. The van der Waals surface area contributed by atoms with E-state index in [9.17, 15) is 9.00 Å². The van der Waals surface area contributed by atoms with Crippen molar-refractivity contribution in [2.45, 2.75) is 17.1 Å². The summed E-state index contributed by atoms with van der Waals surface area (Å²) in [6.45, 7) is 1.49. The van der Waals surface area contributed by atoms with Crippen molar-refractivity contribution in [2.24, 2.45) is 0 Å². The van der Waals surface area contributed by atoms with Crippen LogP contribution in [-0.4, -0.2) is 15.2 Å². The molecule has 0 aromatic heterocycles. The molecular weight excluding hydrogens is 244 g/mol. The van der Waals surface area contributed by atoms with Gasteiger partial charge in [0.05, 0.1) is 10.8 Å². The Morgan fingerprint density at radius 1 is 1.17 bits per heavy atom. The van der Waals surface area contributed by atoms with Gasteiger partial charge >= 0.3 is 0 Å². The van der Waals surface area contributed by atoms with Crippen molar-refractivity contribution in [3.63, 3.8) is 0 Å². The molecule has 1 heterocycles. The number of carbonyl (C=O) groups is 1. The van der Waals surface area contributed by atoms with Crippen LogP contribution in [0.2, 0.25) is 0 Å². The van der Waals surface area contributed by atoms with Crippen LogP contribution in [0.3, 0.4) is 0 Å². The van der Waals surface area contributed by atoms with E-state index in [4.69, 9.17) is 0 Å². The zero-order chi connectivity index (χ0) is 12.7. The topological polar surface area (TPSA) is 34.1 Å². The number of ketones is 1. The van der Waals surface area contributed by atoms with Crippen molar-refractivity contribution in [3.05, 3.63) is 48.0 Å². The molecule has 3 rings (SSSR count). The molecule has 3 heteroatoms. The van der Waals surface area contributed by atoms with Crippen LogP contribution in [0.1, 0.15) is 12.5 Å². The molecule has 0 fully saturated rings. The molecule has 0 bridgehead atoms. The van der Waals surface area contributed by atoms with Gasteiger partial charge in [-0.25, -0.2) is 0 Å². The highest BCUT2D eigenvalue weighted by Gasteiger charge is 2.25. The van der Waals surface area contributed by atoms with E-state index in [0.717, 1.165) is 21.2 Å². The zero-order valence-corrected chi connectivity index (χ0v) is 10.7. The first kappa shape index (κ1) is 11.4. The van der Waals surface area contributed by atoms with Gasteiger partial charge in [0, 0.05) is 4.90 Å². The van der Waals surface area contributed by atoms with E-state index in [1.165, 1.54) is 6.92 Å². The molecule has 18 heavy (non-hydrogen) atoms. The maximum absolute atomic E-state index is 12.3. The number of fused-ring (bicyclic) bond motifs is 2. The molecular formula is C15H12O2S. The Labute approximate surface area is 108 Å². The third-order valence-electron chi connectivity index (χ3n) is 3.18. The van der Waals surface area contributed by atoms with Gasteiger partial charge in [-0.05, 0) is 35.4 Å². The number of rotatable bonds is 1. The largest absolute Gasteiger partial charge is 0.298 e. The Balaban J connectivity index is 2.23. The number of benzene rings is 2. The highest BCUT2D eigenvalue weighted by molar-refractivity contribution is 7.86. The van der Waals surface area contributed by atoms with Crippen LogP contribution in [0.25, 0.3) is 16.8 Å². The average molecular weight is 256 g/mol. The van der Waals surface area contributed by atoms with Crippen molar-refractivity contribution < 1.29 is 9.00 Å². The summed E-state index contributed by atoms with van der Waals surface area (Å²) >= 11 is 0. The Morgan fingerprint density at radius 2 is 1.83 bits per heavy atom. The van der Waals surface area contributed by atoms with E-state index in [0.29, 0.717) is 0 Å². The third kappa shape index (κ3) is 1.71. The summed E-state index contributed by atoms with van der Waals surface area (Å²) in [5.41, 5.74) is 0.949. The van der Waals surface area contributed by atoms with Gasteiger partial charge in [-0.3, -0.25) is 9.00 Å². The van der Waals surface area contributed by atoms with Gasteiger partial charge in [-0.15, -0.1) is 0 Å². The molecule has 1 aliphatic heterocycles. The number of carbonyl (C=O) groups excluding carboxylic acids is 1. The predicted octanol–water partition coefficient (Wildman–Crippen LogP) is 2.93. The van der Waals surface area contributed by atoms with Gasteiger partial charge in [0.15, 0.2) is 0 Å². The SMILES string of the molecule is CC(=O)C1C=Cc2cc3ccccc3cc2S1=O. The number of hydrogen-bond acceptors (Lipinski definition) is 2. The molecule has 2 atom stereocenters. The summed E-state index contributed by atoms with van der Waals surface area (Å²) in [7, 11) is -1.28. The second-order valence-electron chi connectivity index (χ2n) is 4.42. The van der Waals surface area contributed by atoms with Gasteiger partial charge < -0.3 is 0 Å². The van der Waals surface area contributed by atoms with Crippen LogP contribution in [0.15, 0.2) is 47.4 Å². The van der Waals surface area contributed by atoms with Crippen LogP contribution in [0.4, 0.5) is 0 Å². The summed E-state index contributed by atoms with van der Waals surface area (Å²) in [6.07, 6.45) is 3.64. The molecule has 2 nitrogen and oxygen atoms in total. The standard InChI is InChI=1S/C15H12O2S/c1-10(16)14-7-6-13-8-11-4-2-3-5-12(11)9-15(13)18(14)17/h2-9,14H,1H3. The summed E-state index contributed by atoms with van der Waals surface area (Å²) in [5.74, 6) is -0.0524. The van der Waals surface area contributed by atoms with Crippen molar-refractivity contribution in [1.29, 1.82) is 0 Å². The van der Waals surface area contributed by atoms with E-state index < -0.39 is 16.0 Å². The fraction of sp³-hybridized carbons (Fsp3) is 0.133. The Hall–Kier alpha value is -1.74.